The molecule has 0 aromatic heterocycles. The van der Waals surface area contributed by atoms with Gasteiger partial charge in [0.1, 0.15) is 0 Å². The highest BCUT2D eigenvalue weighted by molar-refractivity contribution is 5.87. The summed E-state index contributed by atoms with van der Waals surface area (Å²) in [4.78, 5) is 23.4. The Kier molecular flexibility index (Phi) is 7.87. The first-order chi connectivity index (χ1) is 12.6. The topological polar surface area (TPSA) is 52.6 Å². The number of hydrogen-bond donors (Lipinski definition) is 0. The minimum Gasteiger partial charge on any atom is -0.462 e. The normalized spacial score (nSPS) is 11.2. The van der Waals surface area contributed by atoms with Gasteiger partial charge in [0.15, 0.2) is 0 Å². The molecule has 0 saturated carbocycles. The summed E-state index contributed by atoms with van der Waals surface area (Å²) < 4.78 is 10.3. The van der Waals surface area contributed by atoms with E-state index in [0.717, 1.165) is 11.1 Å². The predicted molar refractivity (Wildman–Crippen MR) is 102 cm³/mol. The average molecular weight is 350 g/mol. The molecule has 0 amide bonds. The van der Waals surface area contributed by atoms with Crippen molar-refractivity contribution in [2.24, 2.45) is 5.92 Å². The Bertz CT molecular complexity index is 683. The SMILES string of the molecule is CC(COC(=O)/C=C/c1ccccc1)COC(=O)/C=C/c1ccccc1. The number of ether oxygens (including phenoxy) is 2. The van der Waals surface area contributed by atoms with Crippen molar-refractivity contribution in [2.45, 2.75) is 6.92 Å². The van der Waals surface area contributed by atoms with Gasteiger partial charge in [0, 0.05) is 18.1 Å². The quantitative estimate of drug-likeness (QED) is 0.530. The lowest BCUT2D eigenvalue weighted by Crippen LogP contribution is -2.17. The lowest BCUT2D eigenvalue weighted by atomic mass is 10.2. The Morgan fingerprint density at radius 2 is 1.15 bits per heavy atom. The Hall–Kier alpha value is -3.14. The number of carbonyl (C=O) groups is 2. The van der Waals surface area contributed by atoms with Gasteiger partial charge >= 0.3 is 11.9 Å². The van der Waals surface area contributed by atoms with Gasteiger partial charge in [0.2, 0.25) is 0 Å². The lowest BCUT2D eigenvalue weighted by Gasteiger charge is -2.10. The van der Waals surface area contributed by atoms with Crippen LogP contribution in [0.1, 0.15) is 18.1 Å². The second kappa shape index (κ2) is 10.7. The van der Waals surface area contributed by atoms with Gasteiger partial charge in [-0.05, 0) is 23.3 Å². The van der Waals surface area contributed by atoms with Crippen molar-refractivity contribution in [3.05, 3.63) is 83.9 Å². The molecule has 0 radical (unpaired) electrons. The first-order valence-electron chi connectivity index (χ1n) is 8.43. The van der Waals surface area contributed by atoms with E-state index in [2.05, 4.69) is 0 Å². The van der Waals surface area contributed by atoms with Crippen molar-refractivity contribution in [1.29, 1.82) is 0 Å². The van der Waals surface area contributed by atoms with Crippen molar-refractivity contribution in [1.82, 2.24) is 0 Å². The van der Waals surface area contributed by atoms with Crippen LogP contribution in [0.25, 0.3) is 12.2 Å². The molecule has 4 heteroatoms. The van der Waals surface area contributed by atoms with Crippen LogP contribution < -0.4 is 0 Å². The monoisotopic (exact) mass is 350 g/mol. The van der Waals surface area contributed by atoms with Crippen molar-refractivity contribution in [3.8, 4) is 0 Å². The zero-order chi connectivity index (χ0) is 18.6. The summed E-state index contributed by atoms with van der Waals surface area (Å²) in [5, 5.41) is 0. The number of carbonyl (C=O) groups excluding carboxylic acids is 2. The van der Waals surface area contributed by atoms with Gasteiger partial charge in [-0.1, -0.05) is 67.6 Å². The van der Waals surface area contributed by atoms with Crippen LogP contribution in [0, 0.1) is 5.92 Å². The molecule has 134 valence electrons. The molecule has 0 aliphatic carbocycles. The van der Waals surface area contributed by atoms with Crippen LogP contribution in [0.15, 0.2) is 72.8 Å². The summed E-state index contributed by atoms with van der Waals surface area (Å²) in [6, 6.07) is 19.0. The number of rotatable bonds is 8. The van der Waals surface area contributed by atoms with Crippen molar-refractivity contribution >= 4 is 24.1 Å². The molecule has 0 aliphatic rings. The summed E-state index contributed by atoms with van der Waals surface area (Å²) in [6.45, 7) is 2.23. The molecule has 0 unspecified atom stereocenters. The van der Waals surface area contributed by atoms with Crippen molar-refractivity contribution in [3.63, 3.8) is 0 Å². The molecule has 0 atom stereocenters. The van der Waals surface area contributed by atoms with Crippen LogP contribution in [0.2, 0.25) is 0 Å². The fourth-order valence-corrected chi connectivity index (χ4v) is 2.05. The third-order valence-electron chi connectivity index (χ3n) is 3.44. The zero-order valence-electron chi connectivity index (χ0n) is 14.7. The minimum absolute atomic E-state index is 0.0850. The molecular formula is C22H22O4. The van der Waals surface area contributed by atoms with E-state index < -0.39 is 11.9 Å². The highest BCUT2D eigenvalue weighted by Crippen LogP contribution is 2.04. The largest absolute Gasteiger partial charge is 0.462 e. The molecule has 0 bridgehead atoms. The molecule has 0 fully saturated rings. The molecule has 26 heavy (non-hydrogen) atoms. The first-order valence-corrected chi connectivity index (χ1v) is 8.43. The van der Waals surface area contributed by atoms with E-state index in [1.54, 1.807) is 12.2 Å². The molecular weight excluding hydrogens is 328 g/mol. The molecule has 4 nitrogen and oxygen atoms in total. The van der Waals surface area contributed by atoms with E-state index in [0.29, 0.717) is 0 Å². The van der Waals surface area contributed by atoms with Gasteiger partial charge in [-0.15, -0.1) is 0 Å². The molecule has 0 N–H and O–H groups in total. The predicted octanol–water partition coefficient (Wildman–Crippen LogP) is 4.14. The van der Waals surface area contributed by atoms with Crippen LogP contribution >= 0.6 is 0 Å². The Labute approximate surface area is 153 Å². The average Bonchev–Trinajstić information content (AvgIpc) is 2.69. The fourth-order valence-electron chi connectivity index (χ4n) is 2.05. The van der Waals surface area contributed by atoms with Gasteiger partial charge in [0.05, 0.1) is 13.2 Å². The molecule has 0 spiro atoms. The van der Waals surface area contributed by atoms with Crippen LogP contribution in [0.5, 0.6) is 0 Å². The van der Waals surface area contributed by atoms with E-state index in [-0.39, 0.29) is 19.1 Å². The first kappa shape index (κ1) is 19.2. The molecule has 2 rings (SSSR count). The van der Waals surface area contributed by atoms with Crippen LogP contribution in [-0.4, -0.2) is 25.2 Å². The van der Waals surface area contributed by atoms with Crippen LogP contribution in [-0.2, 0) is 19.1 Å². The van der Waals surface area contributed by atoms with Crippen LogP contribution in [0.4, 0.5) is 0 Å². The summed E-state index contributed by atoms with van der Waals surface area (Å²) >= 11 is 0. The van der Waals surface area contributed by atoms with Gasteiger partial charge in [0.25, 0.3) is 0 Å². The second-order valence-corrected chi connectivity index (χ2v) is 5.85. The molecule has 0 heterocycles. The van der Waals surface area contributed by atoms with E-state index in [1.807, 2.05) is 67.6 Å². The molecule has 0 aliphatic heterocycles. The number of benzene rings is 2. The Balaban J connectivity index is 1.66. The van der Waals surface area contributed by atoms with Crippen molar-refractivity contribution in [2.75, 3.05) is 13.2 Å². The van der Waals surface area contributed by atoms with Gasteiger partial charge in [-0.2, -0.15) is 0 Å². The summed E-state index contributed by atoms with van der Waals surface area (Å²) in [7, 11) is 0. The highest BCUT2D eigenvalue weighted by atomic mass is 16.5. The van der Waals surface area contributed by atoms with E-state index in [1.165, 1.54) is 12.2 Å². The maximum atomic E-state index is 11.7. The summed E-state index contributed by atoms with van der Waals surface area (Å²) in [5.41, 5.74) is 1.85. The zero-order valence-corrected chi connectivity index (χ0v) is 14.7. The molecule has 2 aromatic rings. The summed E-state index contributed by atoms with van der Waals surface area (Å²) in [5.74, 6) is -0.926. The standard InChI is InChI=1S/C22H22O4/c1-18(16-25-21(23)14-12-19-8-4-2-5-9-19)17-26-22(24)15-13-20-10-6-3-7-11-20/h2-15,18H,16-17H2,1H3/b14-12+,15-13+. The minimum atomic E-state index is -0.420. The van der Waals surface area contributed by atoms with Gasteiger partial charge in [-0.25, -0.2) is 9.59 Å². The second-order valence-electron chi connectivity index (χ2n) is 5.85. The molecule has 0 saturated heterocycles. The number of hydrogen-bond acceptors (Lipinski definition) is 4. The smallest absolute Gasteiger partial charge is 0.330 e. The molecule has 2 aromatic carbocycles. The van der Waals surface area contributed by atoms with Gasteiger partial charge < -0.3 is 9.47 Å². The van der Waals surface area contributed by atoms with E-state index in [4.69, 9.17) is 9.47 Å². The number of esters is 2. The van der Waals surface area contributed by atoms with Crippen LogP contribution in [0.3, 0.4) is 0 Å². The van der Waals surface area contributed by atoms with Crippen molar-refractivity contribution < 1.29 is 19.1 Å². The Morgan fingerprint density at radius 3 is 1.54 bits per heavy atom. The maximum absolute atomic E-state index is 11.7. The fraction of sp³-hybridized carbons (Fsp3) is 0.182. The van der Waals surface area contributed by atoms with E-state index in [9.17, 15) is 9.59 Å². The van der Waals surface area contributed by atoms with Gasteiger partial charge in [-0.3, -0.25) is 0 Å². The highest BCUT2D eigenvalue weighted by Gasteiger charge is 2.08. The Morgan fingerprint density at radius 1 is 0.769 bits per heavy atom. The summed E-state index contributed by atoms with van der Waals surface area (Å²) in [6.07, 6.45) is 6.16. The van der Waals surface area contributed by atoms with E-state index >= 15 is 0 Å². The lowest BCUT2D eigenvalue weighted by molar-refractivity contribution is -0.142. The third kappa shape index (κ3) is 7.62. The third-order valence-corrected chi connectivity index (χ3v) is 3.44. The maximum Gasteiger partial charge on any atom is 0.330 e.